The predicted octanol–water partition coefficient (Wildman–Crippen LogP) is 3.89. The van der Waals surface area contributed by atoms with Crippen LogP contribution in [0.25, 0.3) is 11.0 Å². The first-order valence-electron chi connectivity index (χ1n) is 9.33. The highest BCUT2D eigenvalue weighted by atomic mass is 32.2. The summed E-state index contributed by atoms with van der Waals surface area (Å²) in [4.78, 5) is 20.7. The normalized spacial score (nSPS) is 19.9. The minimum absolute atomic E-state index is 0.0304. The van der Waals surface area contributed by atoms with Gasteiger partial charge in [-0.1, -0.05) is 42.1 Å². The van der Waals surface area contributed by atoms with Crippen molar-refractivity contribution in [2.24, 2.45) is 0 Å². The maximum absolute atomic E-state index is 12.8. The van der Waals surface area contributed by atoms with E-state index in [0.717, 1.165) is 47.4 Å². The molecule has 1 aliphatic carbocycles. The Hall–Kier alpha value is -2.31. The van der Waals surface area contributed by atoms with Gasteiger partial charge < -0.3 is 15.4 Å². The molecule has 4 rings (SSSR count). The molecule has 140 valence electrons. The minimum atomic E-state index is -0.217. The second kappa shape index (κ2) is 8.15. The molecule has 5 nitrogen and oxygen atoms in total. The van der Waals surface area contributed by atoms with Crippen LogP contribution in [0.1, 0.15) is 41.6 Å². The lowest BCUT2D eigenvalue weighted by Gasteiger charge is -2.26. The Morgan fingerprint density at radius 3 is 2.67 bits per heavy atom. The second-order valence-electron chi connectivity index (χ2n) is 6.98. The summed E-state index contributed by atoms with van der Waals surface area (Å²) in [5, 5.41) is 13.6. The summed E-state index contributed by atoms with van der Waals surface area (Å²) < 4.78 is 0. The van der Waals surface area contributed by atoms with E-state index in [9.17, 15) is 9.90 Å². The van der Waals surface area contributed by atoms with Crippen LogP contribution in [0.5, 0.6) is 0 Å². The first-order chi connectivity index (χ1) is 13.2. The van der Waals surface area contributed by atoms with Crippen LogP contribution in [0.3, 0.4) is 0 Å². The minimum Gasteiger partial charge on any atom is -0.393 e. The molecule has 1 saturated carbocycles. The van der Waals surface area contributed by atoms with E-state index >= 15 is 0 Å². The van der Waals surface area contributed by atoms with Crippen molar-refractivity contribution in [1.82, 2.24) is 15.3 Å². The maximum Gasteiger partial charge on any atom is 0.251 e. The van der Waals surface area contributed by atoms with Crippen molar-refractivity contribution in [1.29, 1.82) is 0 Å². The molecule has 27 heavy (non-hydrogen) atoms. The number of hydrogen-bond donors (Lipinski definition) is 3. The topological polar surface area (TPSA) is 78.0 Å². The standard InChI is InChI=1S/C21H23N3O2S/c25-16-11-9-15(10-12-16)22-20(26)17-6-2-1-5-14(17)13-27-21-23-18-7-3-4-8-19(18)24-21/h1-8,15-16,25H,9-13H2,(H,22,26)(H,23,24). The monoisotopic (exact) mass is 381 g/mol. The number of carbonyl (C=O) groups is 1. The van der Waals surface area contributed by atoms with Crippen molar-refractivity contribution in [3.63, 3.8) is 0 Å². The lowest BCUT2D eigenvalue weighted by Crippen LogP contribution is -2.38. The van der Waals surface area contributed by atoms with Crippen LogP contribution in [0, 0.1) is 0 Å². The molecular formula is C21H23N3O2S. The molecule has 6 heteroatoms. The van der Waals surface area contributed by atoms with E-state index in [2.05, 4.69) is 15.3 Å². The van der Waals surface area contributed by atoms with Crippen molar-refractivity contribution < 1.29 is 9.90 Å². The van der Waals surface area contributed by atoms with Gasteiger partial charge in [0.2, 0.25) is 0 Å². The number of aliphatic hydroxyl groups is 1. The Morgan fingerprint density at radius 2 is 1.85 bits per heavy atom. The van der Waals surface area contributed by atoms with Gasteiger partial charge in [-0.15, -0.1) is 0 Å². The van der Waals surface area contributed by atoms with Gasteiger partial charge in [-0.05, 0) is 49.4 Å². The highest BCUT2D eigenvalue weighted by Crippen LogP contribution is 2.25. The smallest absolute Gasteiger partial charge is 0.251 e. The summed E-state index contributed by atoms with van der Waals surface area (Å²) in [5.74, 6) is 0.643. The zero-order chi connectivity index (χ0) is 18.6. The fourth-order valence-electron chi connectivity index (χ4n) is 3.49. The third-order valence-electron chi connectivity index (χ3n) is 5.03. The number of rotatable bonds is 5. The number of aromatic nitrogens is 2. The van der Waals surface area contributed by atoms with Gasteiger partial charge in [0.15, 0.2) is 5.16 Å². The zero-order valence-electron chi connectivity index (χ0n) is 15.0. The largest absolute Gasteiger partial charge is 0.393 e. The van der Waals surface area contributed by atoms with Gasteiger partial charge in [-0.3, -0.25) is 4.79 Å². The van der Waals surface area contributed by atoms with Gasteiger partial charge in [-0.25, -0.2) is 4.98 Å². The van der Waals surface area contributed by atoms with Crippen molar-refractivity contribution >= 4 is 28.7 Å². The van der Waals surface area contributed by atoms with Crippen LogP contribution in [0.2, 0.25) is 0 Å². The average molecular weight is 382 g/mol. The summed E-state index contributed by atoms with van der Waals surface area (Å²) in [6.07, 6.45) is 2.97. The van der Waals surface area contributed by atoms with Gasteiger partial charge in [-0.2, -0.15) is 0 Å². The fraction of sp³-hybridized carbons (Fsp3) is 0.333. The third kappa shape index (κ3) is 4.34. The number of imidazole rings is 1. The second-order valence-corrected chi connectivity index (χ2v) is 7.95. The predicted molar refractivity (Wildman–Crippen MR) is 108 cm³/mol. The average Bonchev–Trinajstić information content (AvgIpc) is 3.11. The van der Waals surface area contributed by atoms with E-state index in [4.69, 9.17) is 0 Å². The molecule has 2 aromatic carbocycles. The van der Waals surface area contributed by atoms with Gasteiger partial charge in [0.05, 0.1) is 17.1 Å². The van der Waals surface area contributed by atoms with E-state index in [1.165, 1.54) is 0 Å². The first-order valence-corrected chi connectivity index (χ1v) is 10.3. The Bertz CT molecular complexity index is 899. The van der Waals surface area contributed by atoms with Crippen molar-refractivity contribution in [2.75, 3.05) is 0 Å². The Morgan fingerprint density at radius 1 is 1.11 bits per heavy atom. The van der Waals surface area contributed by atoms with Gasteiger partial charge >= 0.3 is 0 Å². The van der Waals surface area contributed by atoms with Gasteiger partial charge in [0.1, 0.15) is 0 Å². The van der Waals surface area contributed by atoms with E-state index in [-0.39, 0.29) is 18.1 Å². The molecule has 1 amide bonds. The number of aromatic amines is 1. The lowest BCUT2D eigenvalue weighted by atomic mass is 9.93. The summed E-state index contributed by atoms with van der Waals surface area (Å²) >= 11 is 1.60. The molecule has 0 unspecified atom stereocenters. The number of carbonyl (C=O) groups excluding carboxylic acids is 1. The van der Waals surface area contributed by atoms with Crippen LogP contribution in [-0.2, 0) is 5.75 Å². The number of para-hydroxylation sites is 2. The van der Waals surface area contributed by atoms with Crippen molar-refractivity contribution in [2.45, 2.75) is 48.7 Å². The van der Waals surface area contributed by atoms with E-state index in [1.807, 2.05) is 48.5 Å². The van der Waals surface area contributed by atoms with Crippen molar-refractivity contribution in [3.8, 4) is 0 Å². The van der Waals surface area contributed by atoms with Crippen LogP contribution in [-0.4, -0.2) is 33.1 Å². The molecule has 1 heterocycles. The first kappa shape index (κ1) is 18.1. The number of nitrogens with one attached hydrogen (secondary N) is 2. The molecule has 1 fully saturated rings. The van der Waals surface area contributed by atoms with Crippen molar-refractivity contribution in [3.05, 3.63) is 59.7 Å². The van der Waals surface area contributed by atoms with E-state index in [0.29, 0.717) is 11.3 Å². The highest BCUT2D eigenvalue weighted by Gasteiger charge is 2.22. The van der Waals surface area contributed by atoms with E-state index < -0.39 is 0 Å². The number of nitrogens with zero attached hydrogens (tertiary/aromatic N) is 1. The molecule has 0 radical (unpaired) electrons. The SMILES string of the molecule is O=C(NC1CCC(O)CC1)c1ccccc1CSc1nc2ccccc2[nH]1. The molecule has 1 aromatic heterocycles. The van der Waals surface area contributed by atoms with Crippen LogP contribution >= 0.6 is 11.8 Å². The fourth-order valence-corrected chi connectivity index (χ4v) is 4.38. The molecule has 1 aliphatic rings. The number of H-pyrrole nitrogens is 1. The molecule has 0 aliphatic heterocycles. The Balaban J connectivity index is 1.43. The molecule has 3 aromatic rings. The summed E-state index contributed by atoms with van der Waals surface area (Å²) in [5.41, 5.74) is 3.68. The Labute approximate surface area is 162 Å². The highest BCUT2D eigenvalue weighted by molar-refractivity contribution is 7.98. The van der Waals surface area contributed by atoms with Crippen LogP contribution in [0.4, 0.5) is 0 Å². The number of aliphatic hydroxyl groups excluding tert-OH is 1. The van der Waals surface area contributed by atoms with E-state index in [1.54, 1.807) is 11.8 Å². The molecule has 3 N–H and O–H groups in total. The number of amides is 1. The number of thioether (sulfide) groups is 1. The third-order valence-corrected chi connectivity index (χ3v) is 5.95. The summed E-state index contributed by atoms with van der Waals surface area (Å²) in [6, 6.07) is 15.8. The molecule has 0 spiro atoms. The summed E-state index contributed by atoms with van der Waals surface area (Å²) in [7, 11) is 0. The van der Waals surface area contributed by atoms with Gasteiger partial charge in [0.25, 0.3) is 5.91 Å². The number of hydrogen-bond acceptors (Lipinski definition) is 4. The van der Waals surface area contributed by atoms with Crippen LogP contribution in [0.15, 0.2) is 53.7 Å². The van der Waals surface area contributed by atoms with Gasteiger partial charge in [0, 0.05) is 17.4 Å². The number of fused-ring (bicyclic) bond motifs is 1. The lowest BCUT2D eigenvalue weighted by molar-refractivity contribution is 0.0867. The number of benzene rings is 2. The zero-order valence-corrected chi connectivity index (χ0v) is 15.8. The molecule has 0 saturated heterocycles. The molecule has 0 bridgehead atoms. The quantitative estimate of drug-likeness (QED) is 0.586. The summed E-state index contributed by atoms with van der Waals surface area (Å²) in [6.45, 7) is 0. The maximum atomic E-state index is 12.8. The van der Waals surface area contributed by atoms with Crippen LogP contribution < -0.4 is 5.32 Å². The molecular weight excluding hydrogens is 358 g/mol. The Kier molecular flexibility index (Phi) is 5.45. The molecule has 0 atom stereocenters.